The summed E-state index contributed by atoms with van der Waals surface area (Å²) in [5.41, 5.74) is 11.1. The molecule has 7 nitrogen and oxygen atoms in total. The van der Waals surface area contributed by atoms with Gasteiger partial charge in [-0.3, -0.25) is 9.48 Å². The molecule has 0 bridgehead atoms. The molecule has 150 valence electrons. The molecule has 0 saturated carbocycles. The zero-order chi connectivity index (χ0) is 21.3. The minimum atomic E-state index is -0.0402. The zero-order valence-corrected chi connectivity index (χ0v) is 16.8. The number of benzene rings is 1. The lowest BCUT2D eigenvalue weighted by atomic mass is 9.91. The monoisotopic (exact) mass is 398 g/mol. The van der Waals surface area contributed by atoms with Gasteiger partial charge in [0.15, 0.2) is 0 Å². The lowest BCUT2D eigenvalue weighted by molar-refractivity contribution is 0.0734. The van der Waals surface area contributed by atoms with Crippen molar-refractivity contribution in [3.8, 4) is 17.2 Å². The fourth-order valence-electron chi connectivity index (χ4n) is 3.92. The summed E-state index contributed by atoms with van der Waals surface area (Å²) >= 11 is 0. The highest BCUT2D eigenvalue weighted by molar-refractivity contribution is 5.94. The van der Waals surface area contributed by atoms with Crippen LogP contribution in [0.2, 0.25) is 0 Å². The van der Waals surface area contributed by atoms with Crippen molar-refractivity contribution in [2.75, 3.05) is 12.3 Å². The summed E-state index contributed by atoms with van der Waals surface area (Å²) in [6.07, 6.45) is 4.24. The maximum absolute atomic E-state index is 13.0. The molecule has 2 N–H and O–H groups in total. The number of nitriles is 1. The number of aromatic nitrogens is 3. The van der Waals surface area contributed by atoms with Crippen LogP contribution in [0.3, 0.4) is 0 Å². The van der Waals surface area contributed by atoms with E-state index >= 15 is 0 Å². The van der Waals surface area contributed by atoms with Gasteiger partial charge in [-0.25, -0.2) is 4.98 Å². The van der Waals surface area contributed by atoms with E-state index in [1.165, 1.54) is 0 Å². The van der Waals surface area contributed by atoms with Gasteiger partial charge in [0.2, 0.25) is 0 Å². The van der Waals surface area contributed by atoms with E-state index in [0.29, 0.717) is 37.2 Å². The highest BCUT2D eigenvalue weighted by atomic mass is 16.2. The van der Waals surface area contributed by atoms with E-state index in [4.69, 9.17) is 5.73 Å². The van der Waals surface area contributed by atoms with Gasteiger partial charge in [-0.2, -0.15) is 10.4 Å². The number of hydrogen-bond donors (Lipinski definition) is 1. The van der Waals surface area contributed by atoms with Crippen molar-refractivity contribution < 1.29 is 4.79 Å². The maximum atomic E-state index is 13.0. The van der Waals surface area contributed by atoms with Crippen molar-refractivity contribution >= 4 is 11.7 Å². The van der Waals surface area contributed by atoms with E-state index in [2.05, 4.69) is 22.7 Å². The van der Waals surface area contributed by atoms with Crippen LogP contribution >= 0.6 is 0 Å². The Kier molecular flexibility index (Phi) is 5.07. The quantitative estimate of drug-likeness (QED) is 0.681. The first-order chi connectivity index (χ1) is 14.5. The van der Waals surface area contributed by atoms with Crippen LogP contribution in [0.5, 0.6) is 0 Å². The van der Waals surface area contributed by atoms with Crippen molar-refractivity contribution in [3.05, 3.63) is 77.3 Å². The van der Waals surface area contributed by atoms with Gasteiger partial charge in [0, 0.05) is 48.0 Å². The third-order valence-corrected chi connectivity index (χ3v) is 5.33. The molecule has 0 spiro atoms. The average Bonchev–Trinajstić information content (AvgIpc) is 3.12. The van der Waals surface area contributed by atoms with Crippen LogP contribution in [0, 0.1) is 18.3 Å². The normalized spacial score (nSPS) is 12.9. The summed E-state index contributed by atoms with van der Waals surface area (Å²) < 4.78 is 1.78. The number of carbonyl (C=O) groups excluding carboxylic acids is 1. The molecule has 0 radical (unpaired) electrons. The molecule has 1 aromatic carbocycles. The van der Waals surface area contributed by atoms with Gasteiger partial charge >= 0.3 is 0 Å². The Bertz CT molecular complexity index is 1170. The largest absolute Gasteiger partial charge is 0.383 e. The number of nitrogens with two attached hydrogens (primary N) is 1. The molecule has 0 atom stereocenters. The molecule has 0 unspecified atom stereocenters. The Morgan fingerprint density at radius 2 is 2.13 bits per heavy atom. The number of hydrogen-bond acceptors (Lipinski definition) is 5. The van der Waals surface area contributed by atoms with Gasteiger partial charge in [-0.05, 0) is 19.1 Å². The van der Waals surface area contributed by atoms with Crippen molar-refractivity contribution in [1.29, 1.82) is 5.26 Å². The second kappa shape index (κ2) is 7.84. The summed E-state index contributed by atoms with van der Waals surface area (Å²) in [5, 5.41) is 14.3. The number of anilines is 1. The van der Waals surface area contributed by atoms with Crippen LogP contribution in [-0.2, 0) is 19.5 Å². The molecule has 2 aromatic heterocycles. The molecule has 1 amide bonds. The minimum Gasteiger partial charge on any atom is -0.383 e. The molecule has 3 heterocycles. The smallest absolute Gasteiger partial charge is 0.254 e. The van der Waals surface area contributed by atoms with Crippen LogP contribution in [0.4, 0.5) is 5.82 Å². The molecule has 0 fully saturated rings. The zero-order valence-electron chi connectivity index (χ0n) is 16.8. The highest BCUT2D eigenvalue weighted by Crippen LogP contribution is 2.36. The molecule has 0 aliphatic carbocycles. The molecular weight excluding hydrogens is 376 g/mol. The maximum Gasteiger partial charge on any atom is 0.254 e. The molecule has 1 aliphatic heterocycles. The van der Waals surface area contributed by atoms with Crippen LogP contribution in [0.1, 0.15) is 32.9 Å². The van der Waals surface area contributed by atoms with Gasteiger partial charge in [0.05, 0.1) is 17.9 Å². The predicted molar refractivity (Wildman–Crippen MR) is 114 cm³/mol. The van der Waals surface area contributed by atoms with E-state index in [1.807, 2.05) is 43.5 Å². The number of nitrogen functional groups attached to an aromatic ring is 1. The van der Waals surface area contributed by atoms with Gasteiger partial charge in [-0.1, -0.05) is 24.3 Å². The second-order valence-electron chi connectivity index (χ2n) is 7.27. The Morgan fingerprint density at radius 3 is 2.83 bits per heavy atom. The van der Waals surface area contributed by atoms with Crippen molar-refractivity contribution in [2.45, 2.75) is 26.4 Å². The third-order valence-electron chi connectivity index (χ3n) is 5.33. The number of carbonyl (C=O) groups is 1. The molecule has 3 aromatic rings. The van der Waals surface area contributed by atoms with E-state index in [1.54, 1.807) is 15.7 Å². The predicted octanol–water partition coefficient (Wildman–Crippen LogP) is 3.09. The van der Waals surface area contributed by atoms with Crippen molar-refractivity contribution in [3.63, 3.8) is 0 Å². The fraction of sp³-hybridized carbons (Fsp3) is 0.217. The summed E-state index contributed by atoms with van der Waals surface area (Å²) in [6, 6.07) is 11.4. The van der Waals surface area contributed by atoms with Crippen LogP contribution in [-0.4, -0.2) is 32.1 Å². The van der Waals surface area contributed by atoms with Crippen molar-refractivity contribution in [1.82, 2.24) is 19.7 Å². The van der Waals surface area contributed by atoms with Crippen LogP contribution < -0.4 is 5.73 Å². The average molecular weight is 398 g/mol. The molecule has 0 saturated heterocycles. The van der Waals surface area contributed by atoms with Gasteiger partial charge in [-0.15, -0.1) is 6.58 Å². The summed E-state index contributed by atoms with van der Waals surface area (Å²) in [7, 11) is 0. The van der Waals surface area contributed by atoms with Crippen LogP contribution in [0.25, 0.3) is 11.1 Å². The lowest BCUT2D eigenvalue weighted by Crippen LogP contribution is -2.37. The fourth-order valence-corrected chi connectivity index (χ4v) is 3.92. The first-order valence-corrected chi connectivity index (χ1v) is 9.74. The molecule has 4 rings (SSSR count). The number of aryl methyl sites for hydroxylation is 1. The molecule has 1 aliphatic rings. The topological polar surface area (TPSA) is 101 Å². The Hall–Kier alpha value is -3.92. The Labute approximate surface area is 175 Å². The number of fused-ring (bicyclic) bond motifs is 1. The summed E-state index contributed by atoms with van der Waals surface area (Å²) in [5.74, 6) is 0.173. The van der Waals surface area contributed by atoms with Gasteiger partial charge in [0.1, 0.15) is 17.5 Å². The van der Waals surface area contributed by atoms with E-state index in [9.17, 15) is 10.1 Å². The SMILES string of the molecule is C=CCn1cc(-c2c(C#N)c(N)nc3c2CN(C(=O)c2ccccc2)CC3)c(C)n1. The first kappa shape index (κ1) is 19.4. The first-order valence-electron chi connectivity index (χ1n) is 9.74. The molecule has 7 heteroatoms. The lowest BCUT2D eigenvalue weighted by Gasteiger charge is -2.30. The number of rotatable bonds is 4. The van der Waals surface area contributed by atoms with Crippen LogP contribution in [0.15, 0.2) is 49.2 Å². The van der Waals surface area contributed by atoms with E-state index in [-0.39, 0.29) is 11.7 Å². The van der Waals surface area contributed by atoms with Crippen molar-refractivity contribution in [2.24, 2.45) is 0 Å². The minimum absolute atomic E-state index is 0.0402. The van der Waals surface area contributed by atoms with Gasteiger partial charge < -0.3 is 10.6 Å². The number of nitrogens with zero attached hydrogens (tertiary/aromatic N) is 5. The summed E-state index contributed by atoms with van der Waals surface area (Å²) in [6.45, 7) is 7.13. The molecular formula is C23H22N6O. The van der Waals surface area contributed by atoms with E-state index in [0.717, 1.165) is 28.1 Å². The number of amides is 1. The second-order valence-corrected chi connectivity index (χ2v) is 7.27. The highest BCUT2D eigenvalue weighted by Gasteiger charge is 2.29. The number of allylic oxidation sites excluding steroid dienone is 1. The van der Waals surface area contributed by atoms with E-state index < -0.39 is 0 Å². The standard InChI is InChI=1S/C23H22N6O/c1-3-10-29-14-18(15(2)27-29)21-17(12-24)22(25)26-20-9-11-28(13-19(20)21)23(30)16-7-5-4-6-8-16/h3-8,14H,1,9-11,13H2,2H3,(H2,25,26). The van der Waals surface area contributed by atoms with Gasteiger partial charge in [0.25, 0.3) is 5.91 Å². The Balaban J connectivity index is 1.83. The Morgan fingerprint density at radius 1 is 1.37 bits per heavy atom. The number of pyridine rings is 1. The molecule has 30 heavy (non-hydrogen) atoms. The third kappa shape index (κ3) is 3.33. The summed E-state index contributed by atoms with van der Waals surface area (Å²) in [4.78, 5) is 19.3.